The molecular formula is C15H23N3. The molecule has 1 aromatic rings. The lowest BCUT2D eigenvalue weighted by Gasteiger charge is -2.30. The molecule has 2 N–H and O–H groups in total. The third kappa shape index (κ3) is 2.26. The zero-order valence-electron chi connectivity index (χ0n) is 11.1. The number of piperidine rings is 1. The largest absolute Gasteiger partial charge is 0.397 e. The van der Waals surface area contributed by atoms with Crippen LogP contribution >= 0.6 is 0 Å². The van der Waals surface area contributed by atoms with Crippen molar-refractivity contribution in [2.45, 2.75) is 32.1 Å². The predicted molar refractivity (Wildman–Crippen MR) is 78.4 cm³/mol. The molecule has 2 fully saturated rings. The van der Waals surface area contributed by atoms with E-state index in [1.165, 1.54) is 56.6 Å². The number of nitrogens with two attached hydrogens (primary N) is 1. The molecule has 3 nitrogen and oxygen atoms in total. The van der Waals surface area contributed by atoms with Gasteiger partial charge >= 0.3 is 0 Å². The van der Waals surface area contributed by atoms with E-state index in [1.54, 1.807) is 0 Å². The molecule has 0 atom stereocenters. The Kier molecular flexibility index (Phi) is 3.31. The highest BCUT2D eigenvalue weighted by molar-refractivity contribution is 5.73. The van der Waals surface area contributed by atoms with Gasteiger partial charge in [-0.15, -0.1) is 0 Å². The molecule has 2 aliphatic heterocycles. The molecule has 0 radical (unpaired) electrons. The fraction of sp³-hybridized carbons (Fsp3) is 0.600. The molecule has 0 aromatic heterocycles. The molecule has 2 saturated heterocycles. The van der Waals surface area contributed by atoms with Crippen molar-refractivity contribution in [3.8, 4) is 0 Å². The lowest BCUT2D eigenvalue weighted by molar-refractivity contribution is 0.578. The number of nitrogens with zero attached hydrogens (tertiary/aromatic N) is 2. The molecule has 18 heavy (non-hydrogen) atoms. The average molecular weight is 245 g/mol. The molecular weight excluding hydrogens is 222 g/mol. The van der Waals surface area contributed by atoms with Gasteiger partial charge in [0.1, 0.15) is 0 Å². The van der Waals surface area contributed by atoms with Gasteiger partial charge < -0.3 is 15.5 Å². The van der Waals surface area contributed by atoms with Gasteiger partial charge in [-0.25, -0.2) is 0 Å². The van der Waals surface area contributed by atoms with Crippen molar-refractivity contribution in [2.24, 2.45) is 0 Å². The van der Waals surface area contributed by atoms with E-state index >= 15 is 0 Å². The van der Waals surface area contributed by atoms with Gasteiger partial charge in [-0.1, -0.05) is 0 Å². The molecule has 0 spiro atoms. The second-order valence-corrected chi connectivity index (χ2v) is 5.48. The van der Waals surface area contributed by atoms with Crippen LogP contribution < -0.4 is 15.5 Å². The van der Waals surface area contributed by atoms with Gasteiger partial charge in [-0.05, 0) is 50.3 Å². The van der Waals surface area contributed by atoms with Gasteiger partial charge in [-0.3, -0.25) is 0 Å². The van der Waals surface area contributed by atoms with Crippen molar-refractivity contribution >= 4 is 17.1 Å². The molecule has 1 aromatic carbocycles. The number of anilines is 3. The van der Waals surface area contributed by atoms with E-state index in [0.717, 1.165) is 18.8 Å². The van der Waals surface area contributed by atoms with Crippen LogP contribution in [0.4, 0.5) is 17.1 Å². The number of hydrogen-bond donors (Lipinski definition) is 1. The standard InChI is InChI=1S/C15H23N3/c16-14-12-13(17-8-2-1-3-9-17)6-7-15(14)18-10-4-5-11-18/h6-7,12H,1-5,8-11,16H2. The minimum absolute atomic E-state index is 0.944. The van der Waals surface area contributed by atoms with Gasteiger partial charge in [-0.2, -0.15) is 0 Å². The highest BCUT2D eigenvalue weighted by Gasteiger charge is 2.16. The maximum absolute atomic E-state index is 6.24. The van der Waals surface area contributed by atoms with Gasteiger partial charge in [0.25, 0.3) is 0 Å². The molecule has 0 bridgehead atoms. The van der Waals surface area contributed by atoms with Crippen LogP contribution in [0, 0.1) is 0 Å². The van der Waals surface area contributed by atoms with Gasteiger partial charge in [0.05, 0.1) is 11.4 Å². The van der Waals surface area contributed by atoms with Crippen LogP contribution in [0.1, 0.15) is 32.1 Å². The van der Waals surface area contributed by atoms with Crippen molar-refractivity contribution in [2.75, 3.05) is 41.7 Å². The van der Waals surface area contributed by atoms with E-state index in [2.05, 4.69) is 28.0 Å². The summed E-state index contributed by atoms with van der Waals surface area (Å²) in [7, 11) is 0. The Balaban J connectivity index is 1.79. The Bertz CT molecular complexity index is 404. The molecule has 98 valence electrons. The maximum Gasteiger partial charge on any atom is 0.0601 e. The fourth-order valence-electron chi connectivity index (χ4n) is 3.14. The third-order valence-corrected chi connectivity index (χ3v) is 4.18. The zero-order chi connectivity index (χ0) is 12.4. The maximum atomic E-state index is 6.24. The summed E-state index contributed by atoms with van der Waals surface area (Å²) < 4.78 is 0. The third-order valence-electron chi connectivity index (χ3n) is 4.18. The SMILES string of the molecule is Nc1cc(N2CCCCC2)ccc1N1CCCC1. The summed E-state index contributed by atoms with van der Waals surface area (Å²) in [6.45, 7) is 4.69. The summed E-state index contributed by atoms with van der Waals surface area (Å²) in [5, 5.41) is 0. The van der Waals surface area contributed by atoms with Crippen LogP contribution in [-0.4, -0.2) is 26.2 Å². The number of nitrogen functional groups attached to an aromatic ring is 1. The smallest absolute Gasteiger partial charge is 0.0601 e. The monoisotopic (exact) mass is 245 g/mol. The molecule has 0 amide bonds. The Morgan fingerprint density at radius 1 is 0.778 bits per heavy atom. The van der Waals surface area contributed by atoms with Crippen molar-refractivity contribution in [1.82, 2.24) is 0 Å². The Hall–Kier alpha value is -1.38. The van der Waals surface area contributed by atoms with Crippen LogP contribution in [0.5, 0.6) is 0 Å². The van der Waals surface area contributed by atoms with E-state index in [4.69, 9.17) is 5.73 Å². The first-order valence-electron chi connectivity index (χ1n) is 7.24. The second-order valence-electron chi connectivity index (χ2n) is 5.48. The topological polar surface area (TPSA) is 32.5 Å². The Morgan fingerprint density at radius 2 is 1.39 bits per heavy atom. The van der Waals surface area contributed by atoms with Crippen molar-refractivity contribution < 1.29 is 0 Å². The van der Waals surface area contributed by atoms with Crippen molar-refractivity contribution in [3.63, 3.8) is 0 Å². The lowest BCUT2D eigenvalue weighted by atomic mass is 10.1. The quantitative estimate of drug-likeness (QED) is 0.813. The first-order chi connectivity index (χ1) is 8.84. The van der Waals surface area contributed by atoms with E-state index in [-0.39, 0.29) is 0 Å². The van der Waals surface area contributed by atoms with Crippen molar-refractivity contribution in [3.05, 3.63) is 18.2 Å². The predicted octanol–water partition coefficient (Wildman–Crippen LogP) is 2.86. The summed E-state index contributed by atoms with van der Waals surface area (Å²) in [6.07, 6.45) is 6.60. The van der Waals surface area contributed by atoms with E-state index in [9.17, 15) is 0 Å². The van der Waals surface area contributed by atoms with E-state index in [1.807, 2.05) is 0 Å². The van der Waals surface area contributed by atoms with Crippen LogP contribution in [0.3, 0.4) is 0 Å². The number of hydrogen-bond acceptors (Lipinski definition) is 3. The first kappa shape index (κ1) is 11.7. The Morgan fingerprint density at radius 3 is 2.06 bits per heavy atom. The van der Waals surface area contributed by atoms with E-state index < -0.39 is 0 Å². The zero-order valence-corrected chi connectivity index (χ0v) is 11.1. The van der Waals surface area contributed by atoms with Crippen LogP contribution in [0.2, 0.25) is 0 Å². The molecule has 2 aliphatic rings. The summed E-state index contributed by atoms with van der Waals surface area (Å²) in [6, 6.07) is 6.62. The van der Waals surface area contributed by atoms with Gasteiger partial charge in [0.2, 0.25) is 0 Å². The molecule has 3 heteroatoms. The first-order valence-corrected chi connectivity index (χ1v) is 7.24. The minimum atomic E-state index is 0.944. The van der Waals surface area contributed by atoms with Crippen LogP contribution in [0.25, 0.3) is 0 Å². The van der Waals surface area contributed by atoms with Crippen LogP contribution in [0.15, 0.2) is 18.2 Å². The number of rotatable bonds is 2. The highest BCUT2D eigenvalue weighted by atomic mass is 15.2. The highest BCUT2D eigenvalue weighted by Crippen LogP contribution is 2.31. The Labute approximate surface area is 110 Å². The number of benzene rings is 1. The molecule has 0 aliphatic carbocycles. The van der Waals surface area contributed by atoms with Crippen LogP contribution in [-0.2, 0) is 0 Å². The molecule has 2 heterocycles. The normalized spacial score (nSPS) is 20.4. The fourth-order valence-corrected chi connectivity index (χ4v) is 3.14. The summed E-state index contributed by atoms with van der Waals surface area (Å²) in [5.41, 5.74) is 9.71. The van der Waals surface area contributed by atoms with Gasteiger partial charge in [0, 0.05) is 31.9 Å². The minimum Gasteiger partial charge on any atom is -0.397 e. The second kappa shape index (κ2) is 5.09. The average Bonchev–Trinajstić information content (AvgIpc) is 2.93. The summed E-state index contributed by atoms with van der Waals surface area (Å²) in [5.74, 6) is 0. The van der Waals surface area contributed by atoms with Crippen molar-refractivity contribution in [1.29, 1.82) is 0 Å². The lowest BCUT2D eigenvalue weighted by Crippen LogP contribution is -2.29. The molecule has 3 rings (SSSR count). The van der Waals surface area contributed by atoms with E-state index in [0.29, 0.717) is 0 Å². The van der Waals surface area contributed by atoms with Gasteiger partial charge in [0.15, 0.2) is 0 Å². The molecule has 0 saturated carbocycles. The summed E-state index contributed by atoms with van der Waals surface area (Å²) in [4.78, 5) is 4.88. The summed E-state index contributed by atoms with van der Waals surface area (Å²) >= 11 is 0. The molecule has 0 unspecified atom stereocenters.